The SMILES string of the molecule is CCC(C)Nc1ccc(I)cc1C(=O)O. The minimum absolute atomic E-state index is 0.281. The number of anilines is 1. The van der Waals surface area contributed by atoms with Crippen LogP contribution in [0.1, 0.15) is 30.6 Å². The Morgan fingerprint density at radius 3 is 2.80 bits per heavy atom. The van der Waals surface area contributed by atoms with Gasteiger partial charge in [-0.25, -0.2) is 4.79 Å². The van der Waals surface area contributed by atoms with E-state index in [1.54, 1.807) is 6.07 Å². The molecule has 0 spiro atoms. The zero-order valence-corrected chi connectivity index (χ0v) is 10.9. The van der Waals surface area contributed by atoms with Crippen LogP contribution in [0.2, 0.25) is 0 Å². The number of halogens is 1. The van der Waals surface area contributed by atoms with Gasteiger partial charge in [-0.3, -0.25) is 0 Å². The molecule has 82 valence electrons. The van der Waals surface area contributed by atoms with E-state index in [1.165, 1.54) is 0 Å². The Hall–Kier alpha value is -0.780. The van der Waals surface area contributed by atoms with Gasteiger partial charge in [0, 0.05) is 15.3 Å². The van der Waals surface area contributed by atoms with E-state index in [2.05, 4.69) is 34.8 Å². The Labute approximate surface area is 103 Å². The first kappa shape index (κ1) is 12.3. The topological polar surface area (TPSA) is 49.3 Å². The zero-order chi connectivity index (χ0) is 11.4. The quantitative estimate of drug-likeness (QED) is 0.838. The van der Waals surface area contributed by atoms with Crippen molar-refractivity contribution in [2.75, 3.05) is 5.32 Å². The number of aromatic carboxylic acids is 1. The summed E-state index contributed by atoms with van der Waals surface area (Å²) in [5.74, 6) is -0.890. The summed E-state index contributed by atoms with van der Waals surface area (Å²) in [5, 5.41) is 12.2. The summed E-state index contributed by atoms with van der Waals surface area (Å²) in [7, 11) is 0. The lowest BCUT2D eigenvalue weighted by atomic mass is 10.1. The summed E-state index contributed by atoms with van der Waals surface area (Å²) in [6, 6.07) is 5.67. The monoisotopic (exact) mass is 319 g/mol. The minimum Gasteiger partial charge on any atom is -0.478 e. The highest BCUT2D eigenvalue weighted by atomic mass is 127. The van der Waals surface area contributed by atoms with Crippen LogP contribution in [0.5, 0.6) is 0 Å². The average molecular weight is 319 g/mol. The van der Waals surface area contributed by atoms with Crippen LogP contribution in [0, 0.1) is 3.57 Å². The Kier molecular flexibility index (Phi) is 4.38. The van der Waals surface area contributed by atoms with Crippen LogP contribution < -0.4 is 5.32 Å². The van der Waals surface area contributed by atoms with E-state index in [9.17, 15) is 4.79 Å². The number of carbonyl (C=O) groups is 1. The van der Waals surface area contributed by atoms with Gasteiger partial charge >= 0.3 is 5.97 Å². The van der Waals surface area contributed by atoms with Gasteiger partial charge in [-0.05, 0) is 54.1 Å². The third kappa shape index (κ3) is 3.37. The summed E-state index contributed by atoms with van der Waals surface area (Å²) < 4.78 is 0.930. The lowest BCUT2D eigenvalue weighted by molar-refractivity contribution is 0.0698. The number of rotatable bonds is 4. The molecular weight excluding hydrogens is 305 g/mol. The largest absolute Gasteiger partial charge is 0.478 e. The highest BCUT2D eigenvalue weighted by molar-refractivity contribution is 14.1. The van der Waals surface area contributed by atoms with E-state index >= 15 is 0 Å². The van der Waals surface area contributed by atoms with Gasteiger partial charge in [-0.15, -0.1) is 0 Å². The van der Waals surface area contributed by atoms with Crippen molar-refractivity contribution in [3.05, 3.63) is 27.3 Å². The maximum absolute atomic E-state index is 11.0. The van der Waals surface area contributed by atoms with Crippen LogP contribution in [0.4, 0.5) is 5.69 Å². The van der Waals surface area contributed by atoms with Crippen molar-refractivity contribution < 1.29 is 9.90 Å². The molecule has 2 N–H and O–H groups in total. The first-order valence-corrected chi connectivity index (χ1v) is 5.91. The summed E-state index contributed by atoms with van der Waals surface area (Å²) in [5.41, 5.74) is 1.03. The van der Waals surface area contributed by atoms with E-state index in [1.807, 2.05) is 19.1 Å². The molecular formula is C11H14INO2. The molecule has 0 amide bonds. The number of hydrogen-bond donors (Lipinski definition) is 2. The third-order valence-corrected chi connectivity index (χ3v) is 2.90. The van der Waals surface area contributed by atoms with E-state index in [4.69, 9.17) is 5.11 Å². The van der Waals surface area contributed by atoms with Crippen LogP contribution >= 0.6 is 22.6 Å². The first-order valence-electron chi connectivity index (χ1n) is 4.84. The number of carboxylic acid groups (broad SMARTS) is 1. The van der Waals surface area contributed by atoms with Gasteiger partial charge < -0.3 is 10.4 Å². The Balaban J connectivity index is 3.01. The fourth-order valence-electron chi connectivity index (χ4n) is 1.19. The summed E-state index contributed by atoms with van der Waals surface area (Å²) >= 11 is 2.11. The molecule has 0 bridgehead atoms. The molecule has 0 aromatic heterocycles. The van der Waals surface area contributed by atoms with Crippen molar-refractivity contribution in [3.63, 3.8) is 0 Å². The third-order valence-electron chi connectivity index (χ3n) is 2.23. The number of hydrogen-bond acceptors (Lipinski definition) is 2. The second-order valence-electron chi connectivity index (χ2n) is 3.45. The van der Waals surface area contributed by atoms with Crippen LogP contribution in [-0.2, 0) is 0 Å². The number of nitrogens with one attached hydrogen (secondary N) is 1. The molecule has 15 heavy (non-hydrogen) atoms. The predicted molar refractivity (Wildman–Crippen MR) is 69.5 cm³/mol. The lowest BCUT2D eigenvalue weighted by Crippen LogP contribution is -2.16. The molecule has 1 unspecified atom stereocenters. The molecule has 0 saturated carbocycles. The molecule has 0 aliphatic heterocycles. The standard InChI is InChI=1S/C11H14INO2/c1-3-7(2)13-10-5-4-8(12)6-9(10)11(14)15/h4-7,13H,3H2,1-2H3,(H,14,15). The van der Waals surface area contributed by atoms with Crippen LogP contribution in [0.3, 0.4) is 0 Å². The highest BCUT2D eigenvalue weighted by Gasteiger charge is 2.11. The van der Waals surface area contributed by atoms with Crippen molar-refractivity contribution >= 4 is 34.2 Å². The average Bonchev–Trinajstić information content (AvgIpc) is 2.20. The lowest BCUT2D eigenvalue weighted by Gasteiger charge is -2.15. The molecule has 1 atom stereocenters. The molecule has 0 saturated heterocycles. The maximum atomic E-state index is 11.0. The minimum atomic E-state index is -0.890. The second-order valence-corrected chi connectivity index (χ2v) is 4.69. The second kappa shape index (κ2) is 5.34. The molecule has 0 aliphatic carbocycles. The number of carboxylic acids is 1. The molecule has 1 aromatic carbocycles. The van der Waals surface area contributed by atoms with Gasteiger partial charge in [0.05, 0.1) is 5.56 Å². The normalized spacial score (nSPS) is 12.2. The van der Waals surface area contributed by atoms with E-state index in [0.717, 1.165) is 9.99 Å². The molecule has 0 aliphatic rings. The fraction of sp³-hybridized carbons (Fsp3) is 0.364. The molecule has 3 nitrogen and oxygen atoms in total. The molecule has 1 rings (SSSR count). The molecule has 4 heteroatoms. The van der Waals surface area contributed by atoms with Crippen molar-refractivity contribution in [2.45, 2.75) is 26.3 Å². The summed E-state index contributed by atoms with van der Waals surface area (Å²) in [6.07, 6.45) is 0.963. The van der Waals surface area contributed by atoms with Gasteiger partial charge in [0.25, 0.3) is 0 Å². The Morgan fingerprint density at radius 2 is 2.27 bits per heavy atom. The molecule has 0 radical (unpaired) electrons. The van der Waals surface area contributed by atoms with E-state index < -0.39 is 5.97 Å². The van der Waals surface area contributed by atoms with Crippen molar-refractivity contribution in [1.82, 2.24) is 0 Å². The highest BCUT2D eigenvalue weighted by Crippen LogP contribution is 2.20. The smallest absolute Gasteiger partial charge is 0.337 e. The Morgan fingerprint density at radius 1 is 1.60 bits per heavy atom. The van der Waals surface area contributed by atoms with Gasteiger partial charge in [0.15, 0.2) is 0 Å². The van der Waals surface area contributed by atoms with E-state index in [0.29, 0.717) is 11.3 Å². The molecule has 1 aromatic rings. The van der Waals surface area contributed by atoms with Gasteiger partial charge in [0.1, 0.15) is 0 Å². The fourth-order valence-corrected chi connectivity index (χ4v) is 1.68. The van der Waals surface area contributed by atoms with Gasteiger partial charge in [-0.2, -0.15) is 0 Å². The van der Waals surface area contributed by atoms with Gasteiger partial charge in [0.2, 0.25) is 0 Å². The molecule has 0 heterocycles. The van der Waals surface area contributed by atoms with Crippen LogP contribution in [-0.4, -0.2) is 17.1 Å². The van der Waals surface area contributed by atoms with E-state index in [-0.39, 0.29) is 6.04 Å². The predicted octanol–water partition coefficient (Wildman–Crippen LogP) is 3.20. The molecule has 0 fully saturated rings. The number of benzene rings is 1. The zero-order valence-electron chi connectivity index (χ0n) is 8.75. The summed E-state index contributed by atoms with van der Waals surface area (Å²) in [4.78, 5) is 11.0. The van der Waals surface area contributed by atoms with Gasteiger partial charge in [-0.1, -0.05) is 6.92 Å². The van der Waals surface area contributed by atoms with Crippen LogP contribution in [0.15, 0.2) is 18.2 Å². The summed E-state index contributed by atoms with van der Waals surface area (Å²) in [6.45, 7) is 4.09. The maximum Gasteiger partial charge on any atom is 0.337 e. The van der Waals surface area contributed by atoms with Crippen LogP contribution in [0.25, 0.3) is 0 Å². The first-order chi connectivity index (χ1) is 7.04. The van der Waals surface area contributed by atoms with Crippen molar-refractivity contribution in [2.24, 2.45) is 0 Å². The Bertz CT molecular complexity index is 366. The van der Waals surface area contributed by atoms with Crippen molar-refractivity contribution in [1.29, 1.82) is 0 Å². The van der Waals surface area contributed by atoms with Crippen molar-refractivity contribution in [3.8, 4) is 0 Å².